The number of amides is 2. The van der Waals surface area contributed by atoms with Crippen molar-refractivity contribution in [2.75, 3.05) is 57.7 Å². The Bertz CT molecular complexity index is 918. The molecule has 2 aliphatic rings. The fraction of sp³-hybridized carbons (Fsp3) is 0.500. The van der Waals surface area contributed by atoms with Gasteiger partial charge in [-0.2, -0.15) is 0 Å². The summed E-state index contributed by atoms with van der Waals surface area (Å²) < 4.78 is 0. The van der Waals surface area contributed by atoms with Crippen molar-refractivity contribution in [2.24, 2.45) is 5.92 Å². The van der Waals surface area contributed by atoms with Crippen molar-refractivity contribution < 1.29 is 4.79 Å². The summed E-state index contributed by atoms with van der Waals surface area (Å²) in [7, 11) is 0. The van der Waals surface area contributed by atoms with Gasteiger partial charge < -0.3 is 15.1 Å². The summed E-state index contributed by atoms with van der Waals surface area (Å²) in [5, 5.41) is 3.86. The molecule has 2 atom stereocenters. The Hall–Kier alpha value is -1.79. The van der Waals surface area contributed by atoms with Crippen LogP contribution >= 0.6 is 23.2 Å². The van der Waals surface area contributed by atoms with Gasteiger partial charge in [0.25, 0.3) is 0 Å². The molecule has 178 valence electrons. The number of urea groups is 1. The fourth-order valence-electron chi connectivity index (χ4n) is 5.02. The Kier molecular flexibility index (Phi) is 8.53. The number of likely N-dealkylation sites (tertiary alicyclic amines) is 1. The molecule has 0 radical (unpaired) electrons. The number of carbonyl (C=O) groups is 1. The second kappa shape index (κ2) is 11.6. The van der Waals surface area contributed by atoms with E-state index in [2.05, 4.69) is 52.4 Å². The lowest BCUT2D eigenvalue weighted by Crippen LogP contribution is -2.52. The zero-order valence-corrected chi connectivity index (χ0v) is 20.9. The van der Waals surface area contributed by atoms with E-state index in [9.17, 15) is 4.79 Å². The van der Waals surface area contributed by atoms with Crippen LogP contribution in [-0.2, 0) is 0 Å². The lowest BCUT2D eigenvalue weighted by atomic mass is 9.94. The second-order valence-corrected chi connectivity index (χ2v) is 10.2. The van der Waals surface area contributed by atoms with Crippen LogP contribution in [0.1, 0.15) is 31.2 Å². The van der Waals surface area contributed by atoms with Gasteiger partial charge in [-0.15, -0.1) is 0 Å². The van der Waals surface area contributed by atoms with Crippen molar-refractivity contribution in [1.29, 1.82) is 0 Å². The molecular formula is C26H34Cl2N4O. The van der Waals surface area contributed by atoms with E-state index in [0.29, 0.717) is 27.6 Å². The van der Waals surface area contributed by atoms with Crippen molar-refractivity contribution in [3.05, 3.63) is 64.1 Å². The van der Waals surface area contributed by atoms with Gasteiger partial charge in [0.2, 0.25) is 0 Å². The minimum absolute atomic E-state index is 0.0771. The monoisotopic (exact) mass is 488 g/mol. The molecule has 0 saturated carbocycles. The number of carbonyl (C=O) groups excluding carboxylic acids is 1. The van der Waals surface area contributed by atoms with Crippen LogP contribution in [0.4, 0.5) is 10.5 Å². The van der Waals surface area contributed by atoms with Crippen LogP contribution in [0.3, 0.4) is 0 Å². The van der Waals surface area contributed by atoms with Crippen LogP contribution in [0.25, 0.3) is 0 Å². The molecule has 2 aliphatic heterocycles. The molecule has 2 unspecified atom stereocenters. The molecular weight excluding hydrogens is 455 g/mol. The quantitative estimate of drug-likeness (QED) is 0.569. The van der Waals surface area contributed by atoms with Gasteiger partial charge >= 0.3 is 6.03 Å². The summed E-state index contributed by atoms with van der Waals surface area (Å²) in [5.74, 6) is 1.26. The van der Waals surface area contributed by atoms with Crippen LogP contribution in [0.5, 0.6) is 0 Å². The summed E-state index contributed by atoms with van der Waals surface area (Å²) in [6.07, 6.45) is 2.58. The van der Waals surface area contributed by atoms with E-state index in [0.717, 1.165) is 39.3 Å². The van der Waals surface area contributed by atoms with Gasteiger partial charge in [-0.25, -0.2) is 4.79 Å². The average Bonchev–Trinajstić information content (AvgIpc) is 2.83. The molecule has 0 spiro atoms. The summed E-state index contributed by atoms with van der Waals surface area (Å²) in [5.41, 5.74) is 2.10. The number of benzene rings is 2. The normalized spacial score (nSPS) is 21.1. The number of piperazine rings is 1. The first-order valence-electron chi connectivity index (χ1n) is 12.0. The van der Waals surface area contributed by atoms with Crippen molar-refractivity contribution in [3.8, 4) is 0 Å². The third-order valence-corrected chi connectivity index (χ3v) is 7.59. The van der Waals surface area contributed by atoms with Gasteiger partial charge in [-0.05, 0) is 55.0 Å². The Morgan fingerprint density at radius 3 is 2.48 bits per heavy atom. The third kappa shape index (κ3) is 6.86. The molecule has 0 bridgehead atoms. The minimum atomic E-state index is -0.0771. The van der Waals surface area contributed by atoms with Gasteiger partial charge in [0.1, 0.15) is 0 Å². The number of halogens is 2. The highest BCUT2D eigenvalue weighted by atomic mass is 35.5. The van der Waals surface area contributed by atoms with E-state index < -0.39 is 0 Å². The maximum Gasteiger partial charge on any atom is 0.321 e. The van der Waals surface area contributed by atoms with E-state index in [1.165, 1.54) is 31.5 Å². The van der Waals surface area contributed by atoms with Crippen LogP contribution in [0.15, 0.2) is 48.5 Å². The maximum absolute atomic E-state index is 12.6. The van der Waals surface area contributed by atoms with Gasteiger partial charge in [-0.1, -0.05) is 60.5 Å². The van der Waals surface area contributed by atoms with E-state index >= 15 is 0 Å². The fourth-order valence-corrected chi connectivity index (χ4v) is 5.31. The standard InChI is InChI=1S/C26H34Cl2N4O/c1-20(22-7-3-2-4-8-22)17-31-11-5-6-21(19-31)18-30-12-14-32(15-13-30)26(33)29-23-9-10-24(27)25(28)16-23/h2-4,7-10,16,20-21H,5-6,11-15,17-19H2,1H3,(H,29,33). The minimum Gasteiger partial charge on any atom is -0.322 e. The van der Waals surface area contributed by atoms with Gasteiger partial charge in [-0.3, -0.25) is 4.90 Å². The SMILES string of the molecule is CC(CN1CCCC(CN2CCN(C(=O)Nc3ccc(Cl)c(Cl)c3)CC2)C1)c1ccccc1. The molecule has 2 fully saturated rings. The summed E-state index contributed by atoms with van der Waals surface area (Å²) in [6.45, 7) is 10.3. The Morgan fingerprint density at radius 1 is 1.00 bits per heavy atom. The largest absolute Gasteiger partial charge is 0.322 e. The smallest absolute Gasteiger partial charge is 0.321 e. The summed E-state index contributed by atoms with van der Waals surface area (Å²) in [6, 6.07) is 15.9. The van der Waals surface area contributed by atoms with Gasteiger partial charge in [0, 0.05) is 51.5 Å². The molecule has 2 amide bonds. The molecule has 7 heteroatoms. The zero-order chi connectivity index (χ0) is 23.2. The predicted molar refractivity (Wildman–Crippen MR) is 138 cm³/mol. The molecule has 2 aromatic carbocycles. The third-order valence-electron chi connectivity index (χ3n) is 6.85. The molecule has 0 aromatic heterocycles. The molecule has 2 aromatic rings. The van der Waals surface area contributed by atoms with Crippen molar-refractivity contribution in [1.82, 2.24) is 14.7 Å². The topological polar surface area (TPSA) is 38.8 Å². The number of nitrogens with zero attached hydrogens (tertiary/aromatic N) is 3. The van der Waals surface area contributed by atoms with E-state index in [4.69, 9.17) is 23.2 Å². The second-order valence-electron chi connectivity index (χ2n) is 9.43. The molecule has 5 nitrogen and oxygen atoms in total. The maximum atomic E-state index is 12.6. The number of hydrogen-bond acceptors (Lipinski definition) is 3. The summed E-state index contributed by atoms with van der Waals surface area (Å²) >= 11 is 12.0. The first kappa shape index (κ1) is 24.3. The van der Waals surface area contributed by atoms with Crippen molar-refractivity contribution in [2.45, 2.75) is 25.7 Å². The Labute approximate surface area is 207 Å². The van der Waals surface area contributed by atoms with Gasteiger partial charge in [0.15, 0.2) is 0 Å². The highest BCUT2D eigenvalue weighted by Gasteiger charge is 2.26. The number of rotatable bonds is 6. The number of hydrogen-bond donors (Lipinski definition) is 1. The average molecular weight is 489 g/mol. The first-order chi connectivity index (χ1) is 16.0. The molecule has 2 saturated heterocycles. The Balaban J connectivity index is 1.20. The van der Waals surface area contributed by atoms with Gasteiger partial charge in [0.05, 0.1) is 10.0 Å². The summed E-state index contributed by atoms with van der Waals surface area (Å²) in [4.78, 5) is 19.7. The van der Waals surface area contributed by atoms with E-state index in [1.54, 1.807) is 18.2 Å². The number of nitrogens with one attached hydrogen (secondary N) is 1. The molecule has 1 N–H and O–H groups in total. The van der Waals surface area contributed by atoms with Crippen LogP contribution in [0, 0.1) is 5.92 Å². The number of piperidine rings is 1. The van der Waals surface area contributed by atoms with E-state index in [-0.39, 0.29) is 6.03 Å². The first-order valence-corrected chi connectivity index (χ1v) is 12.7. The number of anilines is 1. The lowest BCUT2D eigenvalue weighted by Gasteiger charge is -2.39. The molecule has 0 aliphatic carbocycles. The van der Waals surface area contributed by atoms with Crippen molar-refractivity contribution >= 4 is 34.9 Å². The molecule has 2 heterocycles. The van der Waals surface area contributed by atoms with Crippen LogP contribution in [-0.4, -0.2) is 73.1 Å². The lowest BCUT2D eigenvalue weighted by molar-refractivity contribution is 0.0991. The highest BCUT2D eigenvalue weighted by molar-refractivity contribution is 6.42. The van der Waals surface area contributed by atoms with Crippen LogP contribution < -0.4 is 5.32 Å². The Morgan fingerprint density at radius 2 is 1.76 bits per heavy atom. The van der Waals surface area contributed by atoms with E-state index in [1.807, 2.05) is 4.90 Å². The van der Waals surface area contributed by atoms with Crippen LogP contribution in [0.2, 0.25) is 10.0 Å². The zero-order valence-electron chi connectivity index (χ0n) is 19.4. The molecule has 4 rings (SSSR count). The molecule has 33 heavy (non-hydrogen) atoms. The predicted octanol–water partition coefficient (Wildman–Crippen LogP) is 5.66. The van der Waals surface area contributed by atoms with Crippen molar-refractivity contribution in [3.63, 3.8) is 0 Å². The highest BCUT2D eigenvalue weighted by Crippen LogP contribution is 2.26.